The zero-order valence-corrected chi connectivity index (χ0v) is 18.4. The second-order valence-corrected chi connectivity index (χ2v) is 7.79. The molecular weight excluding hydrogens is 380 g/mol. The number of nitrogens with zero attached hydrogens (tertiary/aromatic N) is 2. The van der Waals surface area contributed by atoms with Crippen molar-refractivity contribution < 1.29 is 14.4 Å². The quantitative estimate of drug-likeness (QED) is 0.612. The zero-order chi connectivity index (χ0) is 21.8. The SMILES string of the molecule is CCN(CC)C(=O)CCCC(=O)Nc1cccc(NC(=O)CN2CCCCCC2)c1. The highest BCUT2D eigenvalue weighted by atomic mass is 16.2. The molecule has 1 aliphatic heterocycles. The molecule has 0 atom stereocenters. The normalized spacial score (nSPS) is 14.6. The average molecular weight is 417 g/mol. The van der Waals surface area contributed by atoms with E-state index < -0.39 is 0 Å². The third-order valence-corrected chi connectivity index (χ3v) is 5.41. The highest BCUT2D eigenvalue weighted by Gasteiger charge is 2.14. The Balaban J connectivity index is 1.76. The molecule has 1 saturated heterocycles. The molecule has 0 aromatic heterocycles. The standard InChI is InChI=1S/C23H36N4O3/c1-3-27(4-2)23(30)14-10-13-21(28)24-19-11-9-12-20(17-19)25-22(29)18-26-15-7-5-6-8-16-26/h9,11-12,17H,3-8,10,13-16,18H2,1-2H3,(H,24,28)(H,25,29). The van der Waals surface area contributed by atoms with Gasteiger partial charge in [-0.2, -0.15) is 0 Å². The molecule has 3 amide bonds. The number of anilines is 2. The Morgan fingerprint density at radius 3 is 2.10 bits per heavy atom. The molecule has 2 N–H and O–H groups in total. The first-order valence-corrected chi connectivity index (χ1v) is 11.2. The van der Waals surface area contributed by atoms with Crippen LogP contribution in [0.1, 0.15) is 58.8 Å². The molecule has 1 aromatic rings. The van der Waals surface area contributed by atoms with Gasteiger partial charge in [-0.1, -0.05) is 18.9 Å². The molecule has 0 radical (unpaired) electrons. The van der Waals surface area contributed by atoms with E-state index in [1.807, 2.05) is 19.9 Å². The highest BCUT2D eigenvalue weighted by Crippen LogP contribution is 2.16. The van der Waals surface area contributed by atoms with Crippen LogP contribution in [0.15, 0.2) is 24.3 Å². The molecule has 1 fully saturated rings. The molecule has 2 rings (SSSR count). The first-order valence-electron chi connectivity index (χ1n) is 11.2. The van der Waals surface area contributed by atoms with E-state index in [0.717, 1.165) is 25.9 Å². The lowest BCUT2D eigenvalue weighted by atomic mass is 10.2. The van der Waals surface area contributed by atoms with Gasteiger partial charge in [0.1, 0.15) is 0 Å². The van der Waals surface area contributed by atoms with Crippen molar-refractivity contribution in [2.75, 3.05) is 43.4 Å². The maximum absolute atomic E-state index is 12.4. The smallest absolute Gasteiger partial charge is 0.238 e. The molecule has 0 unspecified atom stereocenters. The maximum Gasteiger partial charge on any atom is 0.238 e. The van der Waals surface area contributed by atoms with Crippen molar-refractivity contribution in [3.8, 4) is 0 Å². The largest absolute Gasteiger partial charge is 0.343 e. The average Bonchev–Trinajstić information content (AvgIpc) is 2.97. The Morgan fingerprint density at radius 1 is 0.900 bits per heavy atom. The van der Waals surface area contributed by atoms with Crippen molar-refractivity contribution in [3.05, 3.63) is 24.3 Å². The lowest BCUT2D eigenvalue weighted by Gasteiger charge is -2.19. The molecule has 0 spiro atoms. The van der Waals surface area contributed by atoms with Crippen molar-refractivity contribution in [2.24, 2.45) is 0 Å². The third-order valence-electron chi connectivity index (χ3n) is 5.41. The molecular formula is C23H36N4O3. The van der Waals surface area contributed by atoms with Gasteiger partial charge in [-0.15, -0.1) is 0 Å². The minimum Gasteiger partial charge on any atom is -0.343 e. The topological polar surface area (TPSA) is 81.8 Å². The third kappa shape index (κ3) is 8.53. The van der Waals surface area contributed by atoms with Gasteiger partial charge in [0, 0.05) is 37.3 Å². The van der Waals surface area contributed by atoms with Crippen molar-refractivity contribution >= 4 is 29.1 Å². The van der Waals surface area contributed by atoms with Crippen LogP contribution in [0.2, 0.25) is 0 Å². The number of hydrogen-bond acceptors (Lipinski definition) is 4. The summed E-state index contributed by atoms with van der Waals surface area (Å²) in [6, 6.07) is 7.18. The summed E-state index contributed by atoms with van der Waals surface area (Å²) in [6.07, 6.45) is 5.96. The van der Waals surface area contributed by atoms with Crippen molar-refractivity contribution in [1.82, 2.24) is 9.80 Å². The summed E-state index contributed by atoms with van der Waals surface area (Å²) in [5, 5.41) is 5.78. The van der Waals surface area contributed by atoms with Gasteiger partial charge in [0.05, 0.1) is 6.54 Å². The molecule has 30 heavy (non-hydrogen) atoms. The van der Waals surface area contributed by atoms with Gasteiger partial charge in [0.25, 0.3) is 0 Å². The van der Waals surface area contributed by atoms with E-state index >= 15 is 0 Å². The Bertz CT molecular complexity index is 695. The van der Waals surface area contributed by atoms with Gasteiger partial charge in [-0.05, 0) is 64.4 Å². The predicted octanol–water partition coefficient (Wildman–Crippen LogP) is 3.48. The van der Waals surface area contributed by atoms with E-state index in [-0.39, 0.29) is 17.7 Å². The van der Waals surface area contributed by atoms with E-state index in [1.165, 1.54) is 12.8 Å². The summed E-state index contributed by atoms with van der Waals surface area (Å²) in [5.74, 6) is -0.0763. The summed E-state index contributed by atoms with van der Waals surface area (Å²) < 4.78 is 0. The zero-order valence-electron chi connectivity index (χ0n) is 18.4. The van der Waals surface area contributed by atoms with E-state index in [2.05, 4.69) is 15.5 Å². The Kier molecular flexibility index (Phi) is 10.3. The number of benzene rings is 1. The van der Waals surface area contributed by atoms with Crippen LogP contribution in [0.3, 0.4) is 0 Å². The van der Waals surface area contributed by atoms with E-state index in [1.54, 1.807) is 23.1 Å². The fourth-order valence-electron chi connectivity index (χ4n) is 3.73. The van der Waals surface area contributed by atoms with Gasteiger partial charge in [0.15, 0.2) is 0 Å². The molecule has 1 heterocycles. The molecule has 7 heteroatoms. The number of likely N-dealkylation sites (tertiary alicyclic amines) is 1. The number of nitrogens with one attached hydrogen (secondary N) is 2. The Morgan fingerprint density at radius 2 is 1.50 bits per heavy atom. The summed E-state index contributed by atoms with van der Waals surface area (Å²) in [4.78, 5) is 40.5. The van der Waals surface area contributed by atoms with E-state index in [0.29, 0.717) is 50.3 Å². The fraction of sp³-hybridized carbons (Fsp3) is 0.609. The number of carbonyl (C=O) groups is 3. The van der Waals surface area contributed by atoms with Gasteiger partial charge in [-0.3, -0.25) is 19.3 Å². The van der Waals surface area contributed by atoms with Gasteiger partial charge >= 0.3 is 0 Å². The second-order valence-electron chi connectivity index (χ2n) is 7.79. The predicted molar refractivity (Wildman–Crippen MR) is 120 cm³/mol. The van der Waals surface area contributed by atoms with Gasteiger partial charge < -0.3 is 15.5 Å². The Labute approximate surface area is 180 Å². The van der Waals surface area contributed by atoms with Crippen molar-refractivity contribution in [1.29, 1.82) is 0 Å². The number of carbonyl (C=O) groups excluding carboxylic acids is 3. The van der Waals surface area contributed by atoms with Crippen LogP contribution in [-0.4, -0.2) is 60.2 Å². The summed E-state index contributed by atoms with van der Waals surface area (Å²) >= 11 is 0. The van der Waals surface area contributed by atoms with Crippen molar-refractivity contribution in [2.45, 2.75) is 58.8 Å². The van der Waals surface area contributed by atoms with Crippen LogP contribution in [0, 0.1) is 0 Å². The van der Waals surface area contributed by atoms with Crippen LogP contribution < -0.4 is 10.6 Å². The number of amides is 3. The van der Waals surface area contributed by atoms with E-state index in [4.69, 9.17) is 0 Å². The van der Waals surface area contributed by atoms with Gasteiger partial charge in [0.2, 0.25) is 17.7 Å². The first kappa shape index (κ1) is 23.9. The lowest BCUT2D eigenvalue weighted by molar-refractivity contribution is -0.131. The van der Waals surface area contributed by atoms with Crippen LogP contribution >= 0.6 is 0 Å². The van der Waals surface area contributed by atoms with Crippen molar-refractivity contribution in [3.63, 3.8) is 0 Å². The molecule has 0 saturated carbocycles. The van der Waals surface area contributed by atoms with Crippen LogP contribution in [-0.2, 0) is 14.4 Å². The van der Waals surface area contributed by atoms with Crippen LogP contribution in [0.25, 0.3) is 0 Å². The minimum atomic E-state index is -0.129. The molecule has 166 valence electrons. The maximum atomic E-state index is 12.4. The number of hydrogen-bond donors (Lipinski definition) is 2. The number of rotatable bonds is 10. The molecule has 1 aromatic carbocycles. The summed E-state index contributed by atoms with van der Waals surface area (Å²) in [7, 11) is 0. The van der Waals surface area contributed by atoms with Crippen LogP contribution in [0.5, 0.6) is 0 Å². The molecule has 1 aliphatic rings. The van der Waals surface area contributed by atoms with Gasteiger partial charge in [-0.25, -0.2) is 0 Å². The summed E-state index contributed by atoms with van der Waals surface area (Å²) in [6.45, 7) is 7.63. The minimum absolute atomic E-state index is 0.0321. The Hall–Kier alpha value is -2.41. The molecule has 0 bridgehead atoms. The first-order chi connectivity index (χ1) is 14.5. The highest BCUT2D eigenvalue weighted by molar-refractivity contribution is 5.95. The fourth-order valence-corrected chi connectivity index (χ4v) is 3.73. The van der Waals surface area contributed by atoms with Crippen LogP contribution in [0.4, 0.5) is 11.4 Å². The molecule has 7 nitrogen and oxygen atoms in total. The second kappa shape index (κ2) is 13.0. The summed E-state index contributed by atoms with van der Waals surface area (Å²) in [5.41, 5.74) is 1.31. The monoisotopic (exact) mass is 416 g/mol. The lowest BCUT2D eigenvalue weighted by Crippen LogP contribution is -2.33. The molecule has 0 aliphatic carbocycles. The van der Waals surface area contributed by atoms with E-state index in [9.17, 15) is 14.4 Å².